The van der Waals surface area contributed by atoms with Crippen LogP contribution in [0.25, 0.3) is 0 Å². The largest absolute Gasteiger partial charge is 0.478 e. The number of hydrogen-bond donors (Lipinski definition) is 1. The summed E-state index contributed by atoms with van der Waals surface area (Å²) < 4.78 is 0. The van der Waals surface area contributed by atoms with Crippen molar-refractivity contribution in [3.05, 3.63) is 23.8 Å². The molecule has 0 aromatic carbocycles. The highest BCUT2D eigenvalue weighted by molar-refractivity contribution is 5.86. The summed E-state index contributed by atoms with van der Waals surface area (Å²) in [6, 6.07) is 0. The molecule has 0 saturated heterocycles. The zero-order valence-electron chi connectivity index (χ0n) is 16.2. The van der Waals surface area contributed by atoms with Gasteiger partial charge in [-0.1, -0.05) is 96.3 Å². The first-order valence-corrected chi connectivity index (χ1v) is 10.3. The lowest BCUT2D eigenvalue weighted by molar-refractivity contribution is -0.132. The van der Waals surface area contributed by atoms with Crippen molar-refractivity contribution in [2.24, 2.45) is 0 Å². The molecule has 0 bridgehead atoms. The van der Waals surface area contributed by atoms with Crippen LogP contribution in [-0.2, 0) is 4.79 Å². The summed E-state index contributed by atoms with van der Waals surface area (Å²) in [6.45, 7) is 4.16. The number of hydrogen-bond acceptors (Lipinski definition) is 1. The van der Waals surface area contributed by atoms with Gasteiger partial charge < -0.3 is 5.11 Å². The van der Waals surface area contributed by atoms with E-state index in [2.05, 4.69) is 19.1 Å². The number of allylic oxidation sites excluding steroid dienone is 3. The van der Waals surface area contributed by atoms with Crippen LogP contribution in [0.5, 0.6) is 0 Å². The molecule has 0 radical (unpaired) electrons. The van der Waals surface area contributed by atoms with E-state index in [0.29, 0.717) is 12.0 Å². The third-order valence-electron chi connectivity index (χ3n) is 4.52. The minimum atomic E-state index is -0.776. The number of carbonyl (C=O) groups is 1. The Bertz CT molecular complexity index is 342. The smallest absolute Gasteiger partial charge is 0.331 e. The minimum Gasteiger partial charge on any atom is -0.478 e. The lowest BCUT2D eigenvalue weighted by atomic mass is 10.1. The van der Waals surface area contributed by atoms with Crippen molar-refractivity contribution in [3.8, 4) is 0 Å². The second kappa shape index (κ2) is 18.3. The van der Waals surface area contributed by atoms with Gasteiger partial charge in [0.15, 0.2) is 0 Å². The van der Waals surface area contributed by atoms with Gasteiger partial charge in [-0.2, -0.15) is 0 Å². The molecule has 0 unspecified atom stereocenters. The summed E-state index contributed by atoms with van der Waals surface area (Å²) in [5.41, 5.74) is 0.536. The van der Waals surface area contributed by atoms with Crippen molar-refractivity contribution < 1.29 is 9.90 Å². The van der Waals surface area contributed by atoms with Gasteiger partial charge in [-0.25, -0.2) is 4.79 Å². The van der Waals surface area contributed by atoms with Gasteiger partial charge in [0.05, 0.1) is 0 Å². The van der Waals surface area contributed by atoms with E-state index in [4.69, 9.17) is 5.11 Å². The third kappa shape index (κ3) is 15.8. The normalized spacial score (nSPS) is 12.2. The predicted octanol–water partition coefficient (Wildman–Crippen LogP) is 7.44. The highest BCUT2D eigenvalue weighted by atomic mass is 16.4. The van der Waals surface area contributed by atoms with E-state index in [1.807, 2.05) is 13.0 Å². The molecule has 2 nitrogen and oxygen atoms in total. The number of rotatable bonds is 17. The lowest BCUT2D eigenvalue weighted by Gasteiger charge is -2.01. The monoisotopic (exact) mass is 336 g/mol. The van der Waals surface area contributed by atoms with Crippen LogP contribution < -0.4 is 0 Å². The summed E-state index contributed by atoms with van der Waals surface area (Å²) >= 11 is 0. The van der Waals surface area contributed by atoms with Gasteiger partial charge in [-0.15, -0.1) is 0 Å². The Kier molecular flexibility index (Phi) is 17.5. The molecule has 0 amide bonds. The highest BCUT2D eigenvalue weighted by Gasteiger charge is 2.01. The lowest BCUT2D eigenvalue weighted by Crippen LogP contribution is -1.98. The molecule has 2 heteroatoms. The van der Waals surface area contributed by atoms with Gasteiger partial charge in [0.25, 0.3) is 0 Å². The molecule has 24 heavy (non-hydrogen) atoms. The number of aliphatic carboxylic acids is 1. The summed E-state index contributed by atoms with van der Waals surface area (Å²) in [5.74, 6) is -0.776. The molecule has 0 spiro atoms. The Morgan fingerprint density at radius 1 is 0.708 bits per heavy atom. The SMILES string of the molecule is CCCCCCCCCCCCC/C=C/CC/C=C(\CC)C(=O)O. The van der Waals surface area contributed by atoms with E-state index in [0.717, 1.165) is 12.8 Å². The second-order valence-electron chi connectivity index (χ2n) is 6.76. The molecule has 0 aliphatic heterocycles. The van der Waals surface area contributed by atoms with E-state index in [-0.39, 0.29) is 0 Å². The first-order chi connectivity index (χ1) is 11.7. The average Bonchev–Trinajstić information content (AvgIpc) is 2.57. The maximum absolute atomic E-state index is 10.8. The van der Waals surface area contributed by atoms with Crippen molar-refractivity contribution in [3.63, 3.8) is 0 Å². The molecule has 0 rings (SSSR count). The molecule has 0 aliphatic carbocycles. The Morgan fingerprint density at radius 2 is 1.21 bits per heavy atom. The zero-order chi connectivity index (χ0) is 17.9. The first-order valence-electron chi connectivity index (χ1n) is 10.3. The molecular weight excluding hydrogens is 296 g/mol. The summed E-state index contributed by atoms with van der Waals surface area (Å²) in [5, 5.41) is 8.91. The number of carboxylic acids is 1. The van der Waals surface area contributed by atoms with Crippen molar-refractivity contribution >= 4 is 5.97 Å². The molecular formula is C22H40O2. The van der Waals surface area contributed by atoms with Crippen LogP contribution in [0.2, 0.25) is 0 Å². The highest BCUT2D eigenvalue weighted by Crippen LogP contribution is 2.12. The van der Waals surface area contributed by atoms with Crippen molar-refractivity contribution in [1.82, 2.24) is 0 Å². The molecule has 140 valence electrons. The standard InChI is InChI=1S/C22H40O2/c1-3-5-6-7-8-9-10-11-12-13-14-15-16-17-18-19-20-21(4-2)22(23)24/h16-17,20H,3-15,18-19H2,1-2H3,(H,23,24)/b17-16+,21-20+. The van der Waals surface area contributed by atoms with Crippen LogP contribution >= 0.6 is 0 Å². The average molecular weight is 337 g/mol. The van der Waals surface area contributed by atoms with E-state index in [9.17, 15) is 4.79 Å². The Morgan fingerprint density at radius 3 is 1.71 bits per heavy atom. The Labute approximate surface area is 150 Å². The Balaban J connectivity index is 3.31. The van der Waals surface area contributed by atoms with Crippen LogP contribution in [0.4, 0.5) is 0 Å². The Hall–Kier alpha value is -1.05. The van der Waals surface area contributed by atoms with Crippen LogP contribution in [0.1, 0.15) is 110 Å². The van der Waals surface area contributed by atoms with Gasteiger partial charge in [0.2, 0.25) is 0 Å². The first kappa shape index (κ1) is 22.9. The molecule has 0 heterocycles. The molecule has 0 saturated carbocycles. The molecule has 1 N–H and O–H groups in total. The van der Waals surface area contributed by atoms with Gasteiger partial charge in [-0.3, -0.25) is 0 Å². The molecule has 0 atom stereocenters. The van der Waals surface area contributed by atoms with Crippen LogP contribution in [0.3, 0.4) is 0 Å². The summed E-state index contributed by atoms with van der Waals surface area (Å²) in [6.07, 6.45) is 25.2. The molecule has 0 aliphatic rings. The molecule has 0 aromatic heterocycles. The third-order valence-corrected chi connectivity index (χ3v) is 4.52. The van der Waals surface area contributed by atoms with Crippen LogP contribution in [-0.4, -0.2) is 11.1 Å². The van der Waals surface area contributed by atoms with Crippen molar-refractivity contribution in [2.45, 2.75) is 110 Å². The van der Waals surface area contributed by atoms with Gasteiger partial charge in [-0.05, 0) is 32.1 Å². The number of unbranched alkanes of at least 4 members (excludes halogenated alkanes) is 12. The topological polar surface area (TPSA) is 37.3 Å². The van der Waals surface area contributed by atoms with Crippen molar-refractivity contribution in [1.29, 1.82) is 0 Å². The van der Waals surface area contributed by atoms with E-state index >= 15 is 0 Å². The van der Waals surface area contributed by atoms with Crippen molar-refractivity contribution in [2.75, 3.05) is 0 Å². The fourth-order valence-corrected chi connectivity index (χ4v) is 2.90. The molecule has 0 aromatic rings. The quantitative estimate of drug-likeness (QED) is 0.170. The van der Waals surface area contributed by atoms with Gasteiger partial charge in [0, 0.05) is 5.57 Å². The fraction of sp³-hybridized carbons (Fsp3) is 0.773. The number of carboxylic acid groups (broad SMARTS) is 1. The second-order valence-corrected chi connectivity index (χ2v) is 6.76. The van der Waals surface area contributed by atoms with Gasteiger partial charge >= 0.3 is 5.97 Å². The predicted molar refractivity (Wildman–Crippen MR) is 105 cm³/mol. The van der Waals surface area contributed by atoms with E-state index in [1.54, 1.807) is 0 Å². The van der Waals surface area contributed by atoms with E-state index in [1.165, 1.54) is 77.0 Å². The maximum atomic E-state index is 10.8. The minimum absolute atomic E-state index is 0.536. The summed E-state index contributed by atoms with van der Waals surface area (Å²) in [7, 11) is 0. The van der Waals surface area contributed by atoms with E-state index < -0.39 is 5.97 Å². The molecule has 0 fully saturated rings. The maximum Gasteiger partial charge on any atom is 0.331 e. The van der Waals surface area contributed by atoms with Gasteiger partial charge in [0.1, 0.15) is 0 Å². The fourth-order valence-electron chi connectivity index (χ4n) is 2.90. The van der Waals surface area contributed by atoms with Crippen LogP contribution in [0.15, 0.2) is 23.8 Å². The summed E-state index contributed by atoms with van der Waals surface area (Å²) in [4.78, 5) is 10.8. The zero-order valence-corrected chi connectivity index (χ0v) is 16.2. The van der Waals surface area contributed by atoms with Crippen LogP contribution in [0, 0.1) is 0 Å².